The van der Waals surface area contributed by atoms with Crippen LogP contribution in [0.4, 0.5) is 0 Å². The van der Waals surface area contributed by atoms with Crippen molar-refractivity contribution in [2.24, 2.45) is 0 Å². The fourth-order valence-corrected chi connectivity index (χ4v) is 1.08. The first-order valence-electron chi connectivity index (χ1n) is 5.05. The lowest BCUT2D eigenvalue weighted by Gasteiger charge is -2.11. The molecule has 5 nitrogen and oxygen atoms in total. The third kappa shape index (κ3) is 3.34. The van der Waals surface area contributed by atoms with Crippen molar-refractivity contribution in [2.75, 3.05) is 6.54 Å². The smallest absolute Gasteiger partial charge is 0.357 e. The van der Waals surface area contributed by atoms with Crippen LogP contribution in [0.1, 0.15) is 24.3 Å². The molecule has 0 unspecified atom stereocenters. The van der Waals surface area contributed by atoms with Crippen LogP contribution in [0.5, 0.6) is 0 Å². The lowest BCUT2D eigenvalue weighted by Crippen LogP contribution is -2.35. The van der Waals surface area contributed by atoms with E-state index in [0.717, 1.165) is 0 Å². The molecule has 5 heteroatoms. The molecule has 0 spiro atoms. The quantitative estimate of drug-likeness (QED) is 0.764. The van der Waals surface area contributed by atoms with Gasteiger partial charge < -0.3 is 10.1 Å². The maximum absolute atomic E-state index is 11.5. The number of likely N-dealkylation sites (N-methyl/N-ethyl adjacent to an activating group) is 1. The third-order valence-corrected chi connectivity index (χ3v) is 1.88. The molecule has 0 aliphatic carbocycles. The second-order valence-electron chi connectivity index (χ2n) is 3.16. The van der Waals surface area contributed by atoms with E-state index in [4.69, 9.17) is 4.74 Å². The number of carbonyl (C=O) groups excluding carboxylic acids is 2. The number of rotatable bonds is 4. The Hall–Kier alpha value is -1.91. The van der Waals surface area contributed by atoms with Crippen molar-refractivity contribution in [3.63, 3.8) is 0 Å². The summed E-state index contributed by atoms with van der Waals surface area (Å²) in [5.74, 6) is -0.911. The van der Waals surface area contributed by atoms with E-state index in [0.29, 0.717) is 6.54 Å². The van der Waals surface area contributed by atoms with Gasteiger partial charge in [-0.1, -0.05) is 6.07 Å². The topological polar surface area (TPSA) is 68.3 Å². The Morgan fingerprint density at radius 1 is 1.50 bits per heavy atom. The minimum Gasteiger partial charge on any atom is -0.448 e. The average molecular weight is 222 g/mol. The maximum atomic E-state index is 11.5. The van der Waals surface area contributed by atoms with Crippen molar-refractivity contribution in [1.82, 2.24) is 10.3 Å². The second-order valence-corrected chi connectivity index (χ2v) is 3.16. The first kappa shape index (κ1) is 12.2. The molecule has 1 atom stereocenters. The summed E-state index contributed by atoms with van der Waals surface area (Å²) in [5, 5.41) is 2.57. The van der Waals surface area contributed by atoms with E-state index in [-0.39, 0.29) is 11.6 Å². The first-order valence-corrected chi connectivity index (χ1v) is 5.05. The standard InChI is InChI=1S/C11H14N2O3/c1-3-12-10(14)8(2)16-11(15)9-6-4-5-7-13-9/h4-8H,3H2,1-2H3,(H,12,14)/t8-/m1/s1. The fourth-order valence-electron chi connectivity index (χ4n) is 1.08. The molecule has 0 saturated heterocycles. The number of nitrogens with one attached hydrogen (secondary N) is 1. The molecule has 0 fully saturated rings. The summed E-state index contributed by atoms with van der Waals surface area (Å²) in [5.41, 5.74) is 0.193. The van der Waals surface area contributed by atoms with Gasteiger partial charge in [-0.3, -0.25) is 4.79 Å². The zero-order valence-electron chi connectivity index (χ0n) is 9.27. The van der Waals surface area contributed by atoms with Crippen molar-refractivity contribution < 1.29 is 14.3 Å². The van der Waals surface area contributed by atoms with Crippen LogP contribution in [0, 0.1) is 0 Å². The Balaban J connectivity index is 2.55. The van der Waals surface area contributed by atoms with Gasteiger partial charge in [-0.15, -0.1) is 0 Å². The predicted molar refractivity (Wildman–Crippen MR) is 57.8 cm³/mol. The van der Waals surface area contributed by atoms with Gasteiger partial charge in [0.25, 0.3) is 5.91 Å². The molecule has 0 aliphatic rings. The Bertz CT molecular complexity index is 365. The van der Waals surface area contributed by atoms with Crippen molar-refractivity contribution >= 4 is 11.9 Å². The summed E-state index contributed by atoms with van der Waals surface area (Å²) in [6.45, 7) is 3.82. The van der Waals surface area contributed by atoms with Crippen molar-refractivity contribution in [3.05, 3.63) is 30.1 Å². The van der Waals surface area contributed by atoms with Crippen LogP contribution in [0.25, 0.3) is 0 Å². The van der Waals surface area contributed by atoms with Gasteiger partial charge in [0.15, 0.2) is 6.10 Å². The van der Waals surface area contributed by atoms with E-state index in [2.05, 4.69) is 10.3 Å². The number of hydrogen-bond acceptors (Lipinski definition) is 4. The molecular weight excluding hydrogens is 208 g/mol. The molecule has 0 aromatic carbocycles. The Morgan fingerprint density at radius 2 is 2.25 bits per heavy atom. The lowest BCUT2D eigenvalue weighted by molar-refractivity contribution is -0.128. The lowest BCUT2D eigenvalue weighted by atomic mass is 10.3. The van der Waals surface area contributed by atoms with Crippen molar-refractivity contribution in [3.8, 4) is 0 Å². The van der Waals surface area contributed by atoms with Crippen LogP contribution in [-0.2, 0) is 9.53 Å². The van der Waals surface area contributed by atoms with Crippen LogP contribution < -0.4 is 5.32 Å². The van der Waals surface area contributed by atoms with Gasteiger partial charge in [-0.05, 0) is 26.0 Å². The number of amides is 1. The molecule has 1 aromatic heterocycles. The highest BCUT2D eigenvalue weighted by molar-refractivity contribution is 5.90. The molecular formula is C11H14N2O3. The van der Waals surface area contributed by atoms with Gasteiger partial charge in [0.1, 0.15) is 5.69 Å². The highest BCUT2D eigenvalue weighted by atomic mass is 16.5. The zero-order chi connectivity index (χ0) is 12.0. The third-order valence-electron chi connectivity index (χ3n) is 1.88. The SMILES string of the molecule is CCNC(=O)[C@@H](C)OC(=O)c1ccccn1. The van der Waals surface area contributed by atoms with Crippen LogP contribution in [0.3, 0.4) is 0 Å². The number of carbonyl (C=O) groups is 2. The molecule has 1 heterocycles. The maximum Gasteiger partial charge on any atom is 0.357 e. The summed E-state index contributed by atoms with van der Waals surface area (Å²) in [4.78, 5) is 26.6. The minimum absolute atomic E-state index is 0.193. The number of hydrogen-bond donors (Lipinski definition) is 1. The van der Waals surface area contributed by atoms with Gasteiger partial charge in [-0.25, -0.2) is 9.78 Å². The summed E-state index contributed by atoms with van der Waals surface area (Å²) >= 11 is 0. The molecule has 1 rings (SSSR count). The summed E-state index contributed by atoms with van der Waals surface area (Å²) < 4.78 is 4.94. The predicted octanol–water partition coefficient (Wildman–Crippen LogP) is 0.763. The molecule has 16 heavy (non-hydrogen) atoms. The zero-order valence-corrected chi connectivity index (χ0v) is 9.27. The highest BCUT2D eigenvalue weighted by Gasteiger charge is 2.18. The van der Waals surface area contributed by atoms with Crippen molar-refractivity contribution in [2.45, 2.75) is 20.0 Å². The van der Waals surface area contributed by atoms with E-state index in [1.807, 2.05) is 0 Å². The van der Waals surface area contributed by atoms with Crippen molar-refractivity contribution in [1.29, 1.82) is 0 Å². The summed E-state index contributed by atoms with van der Waals surface area (Å²) in [7, 11) is 0. The van der Waals surface area contributed by atoms with E-state index in [1.165, 1.54) is 19.2 Å². The molecule has 0 aliphatic heterocycles. The monoisotopic (exact) mass is 222 g/mol. The second kappa shape index (κ2) is 5.85. The summed E-state index contributed by atoms with van der Waals surface area (Å²) in [6, 6.07) is 4.91. The van der Waals surface area contributed by atoms with Crippen LogP contribution in [0.2, 0.25) is 0 Å². The largest absolute Gasteiger partial charge is 0.448 e. The van der Waals surface area contributed by atoms with E-state index in [1.54, 1.807) is 19.1 Å². The molecule has 0 bridgehead atoms. The van der Waals surface area contributed by atoms with E-state index in [9.17, 15) is 9.59 Å². The number of pyridine rings is 1. The molecule has 86 valence electrons. The van der Waals surface area contributed by atoms with E-state index >= 15 is 0 Å². The Morgan fingerprint density at radius 3 is 2.81 bits per heavy atom. The van der Waals surface area contributed by atoms with Crippen LogP contribution >= 0.6 is 0 Å². The number of ether oxygens (including phenoxy) is 1. The molecule has 1 aromatic rings. The number of esters is 1. The Labute approximate surface area is 93.8 Å². The van der Waals surface area contributed by atoms with Gasteiger partial charge in [0, 0.05) is 12.7 Å². The highest BCUT2D eigenvalue weighted by Crippen LogP contribution is 2.00. The minimum atomic E-state index is -0.811. The van der Waals surface area contributed by atoms with E-state index < -0.39 is 12.1 Å². The first-order chi connectivity index (χ1) is 7.65. The molecule has 1 amide bonds. The number of nitrogens with zero attached hydrogens (tertiary/aromatic N) is 1. The average Bonchev–Trinajstić information content (AvgIpc) is 2.30. The summed E-state index contributed by atoms with van der Waals surface area (Å²) in [6.07, 6.45) is 0.683. The molecule has 0 radical (unpaired) electrons. The normalized spacial score (nSPS) is 11.6. The van der Waals surface area contributed by atoms with Crippen LogP contribution in [0.15, 0.2) is 24.4 Å². The Kier molecular flexibility index (Phi) is 4.44. The van der Waals surface area contributed by atoms with Gasteiger partial charge in [0.2, 0.25) is 0 Å². The number of aromatic nitrogens is 1. The van der Waals surface area contributed by atoms with Gasteiger partial charge in [0.05, 0.1) is 0 Å². The fraction of sp³-hybridized carbons (Fsp3) is 0.364. The molecule has 1 N–H and O–H groups in total. The molecule has 0 saturated carbocycles. The van der Waals surface area contributed by atoms with Crippen LogP contribution in [-0.4, -0.2) is 29.5 Å². The van der Waals surface area contributed by atoms with Gasteiger partial charge >= 0.3 is 5.97 Å². The van der Waals surface area contributed by atoms with Gasteiger partial charge in [-0.2, -0.15) is 0 Å².